The number of anilines is 1. The molecule has 2 rings (SSSR count). The number of rotatable bonds is 10. The second-order valence-corrected chi connectivity index (χ2v) is 7.62. The van der Waals surface area contributed by atoms with E-state index in [0.29, 0.717) is 35.5 Å². The highest BCUT2D eigenvalue weighted by Gasteiger charge is 2.12. The Balaban J connectivity index is 1.93. The topological polar surface area (TPSA) is 70.6 Å². The number of benzene rings is 2. The Morgan fingerprint density at radius 1 is 1.20 bits per heavy atom. The molecule has 158 valence electrons. The molecule has 0 unspecified atom stereocenters. The Morgan fingerprint density at radius 2 is 1.93 bits per heavy atom. The van der Waals surface area contributed by atoms with Crippen molar-refractivity contribution in [1.82, 2.24) is 5.32 Å². The number of allylic oxidation sites excluding steroid dienone is 1. The van der Waals surface area contributed by atoms with Crippen LogP contribution in [0.3, 0.4) is 0 Å². The van der Waals surface area contributed by atoms with Crippen molar-refractivity contribution in [2.75, 3.05) is 12.4 Å². The van der Waals surface area contributed by atoms with E-state index in [1.165, 1.54) is 0 Å². The van der Waals surface area contributed by atoms with Crippen molar-refractivity contribution in [1.29, 1.82) is 0 Å². The molecule has 0 radical (unpaired) electrons. The van der Waals surface area contributed by atoms with Crippen LogP contribution in [0.15, 0.2) is 65.2 Å². The van der Waals surface area contributed by atoms with Crippen LogP contribution in [0.4, 0.5) is 5.69 Å². The molecule has 0 aliphatic rings. The number of amides is 2. The summed E-state index contributed by atoms with van der Waals surface area (Å²) < 4.78 is 0. The lowest BCUT2D eigenvalue weighted by atomic mass is 10.0. The van der Waals surface area contributed by atoms with Crippen LogP contribution < -0.4 is 10.6 Å². The van der Waals surface area contributed by atoms with E-state index in [0.717, 1.165) is 23.3 Å². The quantitative estimate of drug-likeness (QED) is 0.331. The van der Waals surface area contributed by atoms with Crippen LogP contribution >= 0.6 is 11.6 Å². The summed E-state index contributed by atoms with van der Waals surface area (Å²) in [6, 6.07) is 15.4. The zero-order chi connectivity index (χ0) is 21.9. The van der Waals surface area contributed by atoms with E-state index < -0.39 is 0 Å². The van der Waals surface area contributed by atoms with Crippen LogP contribution in [0.5, 0.6) is 0 Å². The van der Waals surface area contributed by atoms with Gasteiger partial charge in [-0.2, -0.15) is 0 Å². The highest BCUT2D eigenvalue weighted by molar-refractivity contribution is 6.30. The molecule has 2 N–H and O–H groups in total. The second kappa shape index (κ2) is 11.9. The van der Waals surface area contributed by atoms with E-state index in [4.69, 9.17) is 11.6 Å². The number of hydrogen-bond donors (Lipinski definition) is 2. The first-order valence-corrected chi connectivity index (χ1v) is 10.3. The van der Waals surface area contributed by atoms with Crippen molar-refractivity contribution in [3.63, 3.8) is 0 Å². The van der Waals surface area contributed by atoms with E-state index in [1.54, 1.807) is 26.1 Å². The van der Waals surface area contributed by atoms with Gasteiger partial charge >= 0.3 is 0 Å². The van der Waals surface area contributed by atoms with Gasteiger partial charge in [0.25, 0.3) is 0 Å². The number of hydrogen-bond acceptors (Lipinski definition) is 3. The molecule has 2 aromatic rings. The van der Waals surface area contributed by atoms with Gasteiger partial charge in [-0.25, -0.2) is 0 Å². The summed E-state index contributed by atoms with van der Waals surface area (Å²) in [4.78, 5) is 27.7. The van der Waals surface area contributed by atoms with Gasteiger partial charge in [0.1, 0.15) is 0 Å². The smallest absolute Gasteiger partial charge is 0.247 e. The molecule has 0 spiro atoms. The van der Waals surface area contributed by atoms with Gasteiger partial charge in [0.05, 0.1) is 0 Å². The Hall–Kier alpha value is -2.92. The Morgan fingerprint density at radius 3 is 2.60 bits per heavy atom. The highest BCUT2D eigenvalue weighted by atomic mass is 35.5. The second-order valence-electron chi connectivity index (χ2n) is 7.18. The van der Waals surface area contributed by atoms with Crippen molar-refractivity contribution >= 4 is 35.3 Å². The lowest BCUT2D eigenvalue weighted by Crippen LogP contribution is -2.33. The number of aryl methyl sites for hydroxylation is 1. The van der Waals surface area contributed by atoms with Crippen molar-refractivity contribution in [2.45, 2.75) is 39.2 Å². The van der Waals surface area contributed by atoms with Gasteiger partial charge in [0, 0.05) is 41.5 Å². The van der Waals surface area contributed by atoms with Gasteiger partial charge in [0.2, 0.25) is 12.3 Å². The first kappa shape index (κ1) is 23.4. The molecule has 0 heterocycles. The molecule has 6 heteroatoms. The van der Waals surface area contributed by atoms with E-state index in [9.17, 15) is 9.59 Å². The van der Waals surface area contributed by atoms with Crippen LogP contribution in [0.1, 0.15) is 31.4 Å². The van der Waals surface area contributed by atoms with Gasteiger partial charge < -0.3 is 10.6 Å². The summed E-state index contributed by atoms with van der Waals surface area (Å²) in [5.41, 5.74) is 4.29. The molecule has 5 nitrogen and oxygen atoms in total. The SMILES string of the molecule is CN=C(/C=C(\C)C(=O)N[C@H](C)CCc1ccc(Cl)cc1NC=O)Cc1ccccc1. The zero-order valence-corrected chi connectivity index (χ0v) is 18.4. The van der Waals surface area contributed by atoms with Crippen molar-refractivity contribution < 1.29 is 9.59 Å². The monoisotopic (exact) mass is 425 g/mol. The maximum Gasteiger partial charge on any atom is 0.247 e. The fourth-order valence-corrected chi connectivity index (χ4v) is 3.23. The minimum Gasteiger partial charge on any atom is -0.350 e. The third kappa shape index (κ3) is 7.48. The average molecular weight is 426 g/mol. The van der Waals surface area contributed by atoms with Crippen molar-refractivity contribution in [2.24, 2.45) is 4.99 Å². The van der Waals surface area contributed by atoms with Crippen LogP contribution in [-0.2, 0) is 22.4 Å². The molecular formula is C24H28ClN3O2. The summed E-state index contributed by atoms with van der Waals surface area (Å²) in [5, 5.41) is 6.26. The standard InChI is InChI=1S/C24H28ClN3O2/c1-17(13-22(26-3)14-19-7-5-4-6-8-19)24(30)28-18(2)9-10-20-11-12-21(25)15-23(20)27-16-29/h4-8,11-13,15-16,18H,9-10,14H2,1-3H3,(H,27,29)(H,28,30)/b17-13+,26-22?/t18-/m1/s1. The first-order chi connectivity index (χ1) is 14.4. The van der Waals surface area contributed by atoms with Gasteiger partial charge in [-0.3, -0.25) is 14.6 Å². The van der Waals surface area contributed by atoms with Crippen LogP contribution in [0.25, 0.3) is 0 Å². The summed E-state index contributed by atoms with van der Waals surface area (Å²) >= 11 is 5.99. The average Bonchev–Trinajstić information content (AvgIpc) is 2.73. The summed E-state index contributed by atoms with van der Waals surface area (Å²) in [6.07, 6.45) is 4.58. The molecule has 0 aromatic heterocycles. The minimum absolute atomic E-state index is 0.0308. The van der Waals surface area contributed by atoms with Gasteiger partial charge in [-0.15, -0.1) is 0 Å². The Bertz CT molecular complexity index is 923. The van der Waals surface area contributed by atoms with Gasteiger partial charge in [-0.1, -0.05) is 48.0 Å². The number of nitrogens with one attached hydrogen (secondary N) is 2. The minimum atomic E-state index is -0.112. The number of aliphatic imine (C=N–C) groups is 1. The van der Waals surface area contributed by atoms with E-state index in [2.05, 4.69) is 15.6 Å². The van der Waals surface area contributed by atoms with Crippen LogP contribution in [-0.4, -0.2) is 31.1 Å². The van der Waals surface area contributed by atoms with Crippen molar-refractivity contribution in [3.8, 4) is 0 Å². The van der Waals surface area contributed by atoms with Crippen molar-refractivity contribution in [3.05, 3.63) is 76.3 Å². The van der Waals surface area contributed by atoms with Gasteiger partial charge in [0.15, 0.2) is 0 Å². The maximum absolute atomic E-state index is 12.6. The van der Waals surface area contributed by atoms with E-state index in [-0.39, 0.29) is 11.9 Å². The molecule has 0 bridgehead atoms. The van der Waals surface area contributed by atoms with E-state index in [1.807, 2.05) is 49.4 Å². The summed E-state index contributed by atoms with van der Waals surface area (Å²) in [5.74, 6) is -0.112. The number of halogens is 1. The first-order valence-electron chi connectivity index (χ1n) is 9.90. The molecule has 2 amide bonds. The fourth-order valence-electron chi connectivity index (χ4n) is 3.06. The number of carbonyl (C=O) groups is 2. The molecule has 0 aliphatic heterocycles. The van der Waals surface area contributed by atoms with E-state index >= 15 is 0 Å². The lowest BCUT2D eigenvalue weighted by Gasteiger charge is -2.16. The molecule has 30 heavy (non-hydrogen) atoms. The third-order valence-corrected chi connectivity index (χ3v) is 5.00. The molecular weight excluding hydrogens is 398 g/mol. The zero-order valence-electron chi connectivity index (χ0n) is 17.6. The molecule has 0 saturated carbocycles. The molecule has 0 aliphatic carbocycles. The number of carbonyl (C=O) groups excluding carboxylic acids is 2. The molecule has 1 atom stereocenters. The maximum atomic E-state index is 12.6. The lowest BCUT2D eigenvalue weighted by molar-refractivity contribution is -0.118. The Kier molecular flexibility index (Phi) is 9.29. The Labute approximate surface area is 183 Å². The summed E-state index contributed by atoms with van der Waals surface area (Å²) in [7, 11) is 1.74. The predicted octanol–water partition coefficient (Wildman–Crippen LogP) is 4.61. The van der Waals surface area contributed by atoms with Crippen LogP contribution in [0, 0.1) is 0 Å². The molecule has 2 aromatic carbocycles. The normalized spacial score (nSPS) is 12.9. The van der Waals surface area contributed by atoms with Gasteiger partial charge in [-0.05, 0) is 56.0 Å². The predicted molar refractivity (Wildman–Crippen MR) is 124 cm³/mol. The summed E-state index contributed by atoms with van der Waals surface area (Å²) in [6.45, 7) is 3.76. The number of nitrogens with zero attached hydrogens (tertiary/aromatic N) is 1. The third-order valence-electron chi connectivity index (χ3n) is 4.77. The highest BCUT2D eigenvalue weighted by Crippen LogP contribution is 2.22. The molecule has 0 fully saturated rings. The molecule has 0 saturated heterocycles. The fraction of sp³-hybridized carbons (Fsp3) is 0.292. The largest absolute Gasteiger partial charge is 0.350 e. The van der Waals surface area contributed by atoms with Crippen LogP contribution in [0.2, 0.25) is 5.02 Å².